The van der Waals surface area contributed by atoms with E-state index in [4.69, 9.17) is 0 Å². The Balaban J connectivity index is 3.37. The Morgan fingerprint density at radius 1 is 1.21 bits per heavy atom. The number of amides is 1. The first kappa shape index (κ1) is 20.3. The Hall–Kier alpha value is -1.78. The van der Waals surface area contributed by atoms with Gasteiger partial charge in [0.05, 0.1) is 6.61 Å². The average Bonchev–Trinajstić information content (AvgIpc) is 2.29. The van der Waals surface area contributed by atoms with E-state index in [1.807, 2.05) is 0 Å². The third kappa shape index (κ3) is 3.65. The van der Waals surface area contributed by atoms with Gasteiger partial charge in [-0.15, -0.1) is 0 Å². The maximum absolute atomic E-state index is 13.2. The van der Waals surface area contributed by atoms with Crippen molar-refractivity contribution in [3.8, 4) is 0 Å². The summed E-state index contributed by atoms with van der Waals surface area (Å²) in [5.74, 6) is -3.14. The van der Waals surface area contributed by atoms with Gasteiger partial charge in [-0.3, -0.25) is 14.5 Å². The van der Waals surface area contributed by atoms with E-state index < -0.39 is 59.2 Å². The highest BCUT2D eigenvalue weighted by atomic mass is 19.4. The van der Waals surface area contributed by atoms with E-state index in [-0.39, 0.29) is 0 Å². The van der Waals surface area contributed by atoms with Crippen LogP contribution in [-0.4, -0.2) is 53.6 Å². The Labute approximate surface area is 133 Å². The summed E-state index contributed by atoms with van der Waals surface area (Å²) in [6.07, 6.45) is -12.1. The van der Waals surface area contributed by atoms with Gasteiger partial charge < -0.3 is 9.47 Å². The van der Waals surface area contributed by atoms with E-state index in [0.29, 0.717) is 0 Å². The van der Waals surface area contributed by atoms with Crippen LogP contribution in [0.2, 0.25) is 0 Å². The molecule has 1 aliphatic rings. The molecule has 5 nitrogen and oxygen atoms in total. The highest BCUT2D eigenvalue weighted by Gasteiger charge is 2.78. The van der Waals surface area contributed by atoms with Gasteiger partial charge in [0, 0.05) is 5.57 Å². The van der Waals surface area contributed by atoms with Crippen LogP contribution in [0.1, 0.15) is 20.8 Å². The Morgan fingerprint density at radius 3 is 2.04 bits per heavy atom. The van der Waals surface area contributed by atoms with Crippen LogP contribution >= 0.6 is 0 Å². The smallest absolute Gasteiger partial charge is 0.446 e. The second-order valence-corrected chi connectivity index (χ2v) is 6.01. The molecule has 1 rings (SSSR count). The summed E-state index contributed by atoms with van der Waals surface area (Å²) in [5, 5.41) is 0. The number of nitrogens with zero attached hydrogens (tertiary/aromatic N) is 1. The van der Waals surface area contributed by atoms with Crippen LogP contribution in [0, 0.1) is 0 Å². The third-order valence-corrected chi connectivity index (χ3v) is 2.86. The minimum atomic E-state index is -6.04. The molecule has 0 aromatic carbocycles. The molecule has 1 heterocycles. The molecular weight excluding hydrogens is 348 g/mol. The van der Waals surface area contributed by atoms with Crippen LogP contribution in [0.25, 0.3) is 0 Å². The number of hydrogen-bond donors (Lipinski definition) is 0. The number of halogens is 6. The van der Waals surface area contributed by atoms with Crippen molar-refractivity contribution in [2.45, 2.75) is 44.4 Å². The topological polar surface area (TPSA) is 55.8 Å². The first-order valence-corrected chi connectivity index (χ1v) is 6.52. The van der Waals surface area contributed by atoms with Crippen molar-refractivity contribution >= 4 is 11.9 Å². The van der Waals surface area contributed by atoms with Crippen LogP contribution in [0.15, 0.2) is 12.2 Å². The standard InChI is InChI=1S/C13H15F6NO4/c1-7-6-23-11(12(14,15)16,13(17,18)19)20(9(7)22)5-8(21)24-10(2,3)4/h1,5-6H2,2-4H3. The second kappa shape index (κ2) is 5.94. The van der Waals surface area contributed by atoms with Gasteiger partial charge in [0.2, 0.25) is 0 Å². The van der Waals surface area contributed by atoms with E-state index in [2.05, 4.69) is 16.1 Å². The van der Waals surface area contributed by atoms with Gasteiger partial charge in [-0.2, -0.15) is 26.3 Å². The lowest BCUT2D eigenvalue weighted by Crippen LogP contribution is -2.73. The molecule has 0 aliphatic carbocycles. The molecule has 0 bridgehead atoms. The maximum Gasteiger partial charge on any atom is 0.446 e. The highest BCUT2D eigenvalue weighted by Crippen LogP contribution is 2.50. The first-order valence-electron chi connectivity index (χ1n) is 6.52. The molecule has 11 heteroatoms. The molecular formula is C13H15F6NO4. The Kier molecular flexibility index (Phi) is 5.01. The summed E-state index contributed by atoms with van der Waals surface area (Å²) < 4.78 is 87.9. The van der Waals surface area contributed by atoms with Crippen molar-refractivity contribution in [1.29, 1.82) is 0 Å². The van der Waals surface area contributed by atoms with Crippen molar-refractivity contribution < 1.29 is 45.4 Å². The SMILES string of the molecule is C=C1COC(C(F)(F)F)(C(F)(F)F)N(CC(=O)OC(C)(C)C)C1=O. The largest absolute Gasteiger partial charge is 0.459 e. The van der Waals surface area contributed by atoms with E-state index in [1.165, 1.54) is 20.8 Å². The van der Waals surface area contributed by atoms with Crippen LogP contribution in [0.5, 0.6) is 0 Å². The molecule has 1 saturated heterocycles. The molecule has 0 atom stereocenters. The highest BCUT2D eigenvalue weighted by molar-refractivity contribution is 5.96. The van der Waals surface area contributed by atoms with E-state index in [0.717, 1.165) is 0 Å². The predicted molar refractivity (Wildman–Crippen MR) is 67.5 cm³/mol. The molecule has 0 unspecified atom stereocenters. The fourth-order valence-electron chi connectivity index (χ4n) is 1.98. The fraction of sp³-hybridized carbons (Fsp3) is 0.692. The molecule has 1 aliphatic heterocycles. The van der Waals surface area contributed by atoms with Gasteiger partial charge in [-0.1, -0.05) is 6.58 Å². The molecule has 138 valence electrons. The summed E-state index contributed by atoms with van der Waals surface area (Å²) in [5.41, 5.74) is -6.77. The van der Waals surface area contributed by atoms with Gasteiger partial charge in [0.25, 0.3) is 5.91 Å². The minimum Gasteiger partial charge on any atom is -0.459 e. The zero-order chi connectivity index (χ0) is 19.1. The summed E-state index contributed by atoms with van der Waals surface area (Å²) in [4.78, 5) is 22.8. The monoisotopic (exact) mass is 363 g/mol. The van der Waals surface area contributed by atoms with Crippen LogP contribution in [-0.2, 0) is 19.1 Å². The summed E-state index contributed by atoms with van der Waals surface area (Å²) in [7, 11) is 0. The van der Waals surface area contributed by atoms with Crippen LogP contribution in [0.4, 0.5) is 26.3 Å². The van der Waals surface area contributed by atoms with Gasteiger partial charge >= 0.3 is 24.0 Å². The van der Waals surface area contributed by atoms with Crippen molar-refractivity contribution in [1.82, 2.24) is 4.90 Å². The van der Waals surface area contributed by atoms with Crippen LogP contribution in [0.3, 0.4) is 0 Å². The fourth-order valence-corrected chi connectivity index (χ4v) is 1.98. The average molecular weight is 363 g/mol. The summed E-state index contributed by atoms with van der Waals surface area (Å²) in [6.45, 7) is 4.26. The molecule has 0 radical (unpaired) electrons. The van der Waals surface area contributed by atoms with Gasteiger partial charge in [-0.05, 0) is 20.8 Å². The first-order chi connectivity index (χ1) is 10.5. The summed E-state index contributed by atoms with van der Waals surface area (Å²) >= 11 is 0. The second-order valence-electron chi connectivity index (χ2n) is 6.01. The molecule has 24 heavy (non-hydrogen) atoms. The quantitative estimate of drug-likeness (QED) is 0.430. The van der Waals surface area contributed by atoms with Crippen molar-refractivity contribution in [2.75, 3.05) is 13.2 Å². The molecule has 1 fully saturated rings. The predicted octanol–water partition coefficient (Wildman–Crippen LogP) is 2.56. The number of ether oxygens (including phenoxy) is 2. The van der Waals surface area contributed by atoms with Crippen molar-refractivity contribution in [2.24, 2.45) is 0 Å². The maximum atomic E-state index is 13.2. The molecule has 0 aromatic heterocycles. The number of alkyl halides is 6. The number of esters is 1. The molecule has 1 amide bonds. The number of carbonyl (C=O) groups is 2. The third-order valence-electron chi connectivity index (χ3n) is 2.86. The lowest BCUT2D eigenvalue weighted by Gasteiger charge is -2.47. The molecule has 0 spiro atoms. The number of rotatable bonds is 2. The van der Waals surface area contributed by atoms with Gasteiger partial charge in [-0.25, -0.2) is 0 Å². The minimum absolute atomic E-state index is 0.650. The zero-order valence-electron chi connectivity index (χ0n) is 13.0. The number of carbonyl (C=O) groups excluding carboxylic acids is 2. The van der Waals surface area contributed by atoms with E-state index >= 15 is 0 Å². The van der Waals surface area contributed by atoms with E-state index in [9.17, 15) is 35.9 Å². The van der Waals surface area contributed by atoms with Gasteiger partial charge in [0.15, 0.2) is 0 Å². The molecule has 0 aromatic rings. The lowest BCUT2D eigenvalue weighted by molar-refractivity contribution is -0.422. The Bertz CT molecular complexity index is 532. The molecule has 0 saturated carbocycles. The normalized spacial score (nSPS) is 19.5. The van der Waals surface area contributed by atoms with E-state index in [1.54, 1.807) is 0 Å². The van der Waals surface area contributed by atoms with Crippen molar-refractivity contribution in [3.63, 3.8) is 0 Å². The molecule has 0 N–H and O–H groups in total. The number of hydrogen-bond acceptors (Lipinski definition) is 4. The summed E-state index contributed by atoms with van der Waals surface area (Å²) in [6, 6.07) is 0. The van der Waals surface area contributed by atoms with Gasteiger partial charge in [0.1, 0.15) is 12.1 Å². The van der Waals surface area contributed by atoms with Crippen molar-refractivity contribution in [3.05, 3.63) is 12.2 Å². The lowest BCUT2D eigenvalue weighted by atomic mass is 10.1. The van der Waals surface area contributed by atoms with Crippen LogP contribution < -0.4 is 0 Å². The zero-order valence-corrected chi connectivity index (χ0v) is 13.0. The Morgan fingerprint density at radius 2 is 1.67 bits per heavy atom.